The third-order valence-corrected chi connectivity index (χ3v) is 3.49. The van der Waals surface area contributed by atoms with Crippen LogP contribution in [0, 0.1) is 0 Å². The highest BCUT2D eigenvalue weighted by Crippen LogP contribution is 2.33. The zero-order valence-corrected chi connectivity index (χ0v) is 12.1. The minimum Gasteiger partial charge on any atom is -0.381 e. The first-order valence-electron chi connectivity index (χ1n) is 7.05. The Labute approximate surface area is 122 Å². The molecule has 0 bridgehead atoms. The molecule has 1 saturated carbocycles. The van der Waals surface area contributed by atoms with Crippen molar-refractivity contribution < 1.29 is 17.9 Å². The number of methoxy groups -OCH3 is 1. The second-order valence-electron chi connectivity index (χ2n) is 5.22. The van der Waals surface area contributed by atoms with Crippen LogP contribution in [0.5, 0.6) is 0 Å². The largest absolute Gasteiger partial charge is 0.416 e. The van der Waals surface area contributed by atoms with E-state index in [1.807, 2.05) is 6.92 Å². The Morgan fingerprint density at radius 3 is 2.52 bits per heavy atom. The van der Waals surface area contributed by atoms with Gasteiger partial charge in [-0.25, -0.2) is 4.98 Å². The van der Waals surface area contributed by atoms with Crippen LogP contribution in [-0.2, 0) is 10.9 Å². The Bertz CT molecular complexity index is 473. The molecule has 0 saturated heterocycles. The van der Waals surface area contributed by atoms with Gasteiger partial charge in [-0.05, 0) is 31.4 Å². The van der Waals surface area contributed by atoms with Gasteiger partial charge in [0.25, 0.3) is 0 Å². The lowest BCUT2D eigenvalue weighted by Gasteiger charge is -2.35. The number of halogens is 3. The minimum absolute atomic E-state index is 0.116. The summed E-state index contributed by atoms with van der Waals surface area (Å²) in [5, 5.41) is 5.94. The van der Waals surface area contributed by atoms with Gasteiger partial charge in [-0.15, -0.1) is 0 Å². The number of rotatable bonds is 6. The summed E-state index contributed by atoms with van der Waals surface area (Å²) in [5.74, 6) is 0.500. The maximum Gasteiger partial charge on any atom is 0.416 e. The Hall–Kier alpha value is -1.50. The zero-order valence-electron chi connectivity index (χ0n) is 12.1. The fourth-order valence-electron chi connectivity index (χ4n) is 2.20. The van der Waals surface area contributed by atoms with Crippen LogP contribution in [0.4, 0.5) is 24.8 Å². The van der Waals surface area contributed by atoms with Crippen molar-refractivity contribution in [3.63, 3.8) is 0 Å². The standard InChI is InChI=1S/C14H20F3N3O/c1-3-4-18-12-5-9(14(15,16)17)6-13(20-12)19-10-7-11(8-10)21-2/h5-6,10-11H,3-4,7-8H2,1-2H3,(H2,18,19,20). The van der Waals surface area contributed by atoms with Crippen molar-refractivity contribution in [3.8, 4) is 0 Å². The van der Waals surface area contributed by atoms with Crippen molar-refractivity contribution in [2.75, 3.05) is 24.3 Å². The van der Waals surface area contributed by atoms with Crippen molar-refractivity contribution in [3.05, 3.63) is 17.7 Å². The number of anilines is 2. The second-order valence-corrected chi connectivity index (χ2v) is 5.22. The molecule has 7 heteroatoms. The number of nitrogens with one attached hydrogen (secondary N) is 2. The van der Waals surface area contributed by atoms with Crippen molar-refractivity contribution in [1.82, 2.24) is 4.98 Å². The van der Waals surface area contributed by atoms with Crippen LogP contribution in [0.2, 0.25) is 0 Å². The molecule has 118 valence electrons. The van der Waals surface area contributed by atoms with Crippen molar-refractivity contribution in [2.24, 2.45) is 0 Å². The predicted octanol–water partition coefficient (Wildman–Crippen LogP) is 3.51. The average Bonchev–Trinajstić information content (AvgIpc) is 2.39. The van der Waals surface area contributed by atoms with Crippen LogP contribution >= 0.6 is 0 Å². The SMILES string of the molecule is CCCNc1cc(C(F)(F)F)cc(NC2CC(OC)C2)n1. The summed E-state index contributed by atoms with van der Waals surface area (Å²) in [6.45, 7) is 2.53. The van der Waals surface area contributed by atoms with Crippen LogP contribution in [0.3, 0.4) is 0 Å². The van der Waals surface area contributed by atoms with Crippen LogP contribution < -0.4 is 10.6 Å². The third-order valence-electron chi connectivity index (χ3n) is 3.49. The quantitative estimate of drug-likeness (QED) is 0.844. The number of ether oxygens (including phenoxy) is 1. The van der Waals surface area contributed by atoms with Gasteiger partial charge < -0.3 is 15.4 Å². The molecule has 1 heterocycles. The summed E-state index contributed by atoms with van der Waals surface area (Å²) in [7, 11) is 1.64. The van der Waals surface area contributed by atoms with Gasteiger partial charge >= 0.3 is 6.18 Å². The van der Waals surface area contributed by atoms with E-state index in [0.717, 1.165) is 31.4 Å². The van der Waals surface area contributed by atoms with Crippen LogP contribution in [-0.4, -0.2) is 30.8 Å². The molecule has 1 aromatic heterocycles. The molecule has 2 N–H and O–H groups in total. The van der Waals surface area contributed by atoms with E-state index < -0.39 is 11.7 Å². The summed E-state index contributed by atoms with van der Waals surface area (Å²) >= 11 is 0. The fourth-order valence-corrected chi connectivity index (χ4v) is 2.20. The van der Waals surface area contributed by atoms with Gasteiger partial charge in [-0.3, -0.25) is 0 Å². The van der Waals surface area contributed by atoms with E-state index in [2.05, 4.69) is 15.6 Å². The van der Waals surface area contributed by atoms with E-state index in [0.29, 0.717) is 6.54 Å². The molecule has 1 aliphatic rings. The van der Waals surface area contributed by atoms with Crippen LogP contribution in [0.15, 0.2) is 12.1 Å². The molecule has 0 aliphatic heterocycles. The summed E-state index contributed by atoms with van der Waals surface area (Å²) in [6.07, 6.45) is -1.81. The van der Waals surface area contributed by atoms with Gasteiger partial charge in [0.05, 0.1) is 11.7 Å². The van der Waals surface area contributed by atoms with Crippen LogP contribution in [0.25, 0.3) is 0 Å². The number of hydrogen-bond donors (Lipinski definition) is 2. The predicted molar refractivity (Wildman–Crippen MR) is 75.5 cm³/mol. The second kappa shape index (κ2) is 6.51. The Kier molecular flexibility index (Phi) is 4.92. The number of nitrogens with zero attached hydrogens (tertiary/aromatic N) is 1. The summed E-state index contributed by atoms with van der Waals surface area (Å²) in [6, 6.07) is 2.21. The highest BCUT2D eigenvalue weighted by molar-refractivity contribution is 5.50. The molecule has 1 fully saturated rings. The first-order chi connectivity index (χ1) is 9.92. The van der Waals surface area contributed by atoms with Gasteiger partial charge in [0.2, 0.25) is 0 Å². The van der Waals surface area contributed by atoms with E-state index >= 15 is 0 Å². The topological polar surface area (TPSA) is 46.2 Å². The molecule has 4 nitrogen and oxygen atoms in total. The molecular weight excluding hydrogens is 283 g/mol. The lowest BCUT2D eigenvalue weighted by Crippen LogP contribution is -2.40. The average molecular weight is 303 g/mol. The number of alkyl halides is 3. The van der Waals surface area contributed by atoms with E-state index in [1.165, 1.54) is 0 Å². The summed E-state index contributed by atoms with van der Waals surface area (Å²) in [4.78, 5) is 4.19. The third kappa shape index (κ3) is 4.23. The highest BCUT2D eigenvalue weighted by atomic mass is 19.4. The van der Waals surface area contributed by atoms with E-state index in [9.17, 15) is 13.2 Å². The van der Waals surface area contributed by atoms with Crippen molar-refractivity contribution in [2.45, 2.75) is 44.5 Å². The van der Waals surface area contributed by atoms with E-state index in [1.54, 1.807) is 7.11 Å². The normalized spacial score (nSPS) is 21.8. The van der Waals surface area contributed by atoms with Crippen molar-refractivity contribution in [1.29, 1.82) is 0 Å². The van der Waals surface area contributed by atoms with Gasteiger partial charge in [0.1, 0.15) is 11.6 Å². The molecule has 0 aromatic carbocycles. The molecule has 21 heavy (non-hydrogen) atoms. The molecule has 0 spiro atoms. The molecule has 1 aromatic rings. The summed E-state index contributed by atoms with van der Waals surface area (Å²) in [5.41, 5.74) is -0.693. The number of aromatic nitrogens is 1. The first kappa shape index (κ1) is 15.9. The molecule has 0 amide bonds. The van der Waals surface area contributed by atoms with E-state index in [-0.39, 0.29) is 23.8 Å². The lowest BCUT2D eigenvalue weighted by molar-refractivity contribution is -0.137. The molecule has 0 unspecified atom stereocenters. The Balaban J connectivity index is 2.11. The monoisotopic (exact) mass is 303 g/mol. The molecule has 0 radical (unpaired) electrons. The summed E-state index contributed by atoms with van der Waals surface area (Å²) < 4.78 is 43.9. The molecular formula is C14H20F3N3O. The highest BCUT2D eigenvalue weighted by Gasteiger charge is 2.33. The van der Waals surface area contributed by atoms with Gasteiger partial charge in [-0.2, -0.15) is 13.2 Å². The molecule has 2 rings (SSSR count). The first-order valence-corrected chi connectivity index (χ1v) is 7.05. The fraction of sp³-hybridized carbons (Fsp3) is 0.643. The Morgan fingerprint density at radius 1 is 1.29 bits per heavy atom. The maximum atomic E-state index is 12.9. The van der Waals surface area contributed by atoms with Gasteiger partial charge in [0.15, 0.2) is 0 Å². The lowest BCUT2D eigenvalue weighted by atomic mass is 9.89. The number of pyridine rings is 1. The van der Waals surface area contributed by atoms with E-state index in [4.69, 9.17) is 4.74 Å². The van der Waals surface area contributed by atoms with Gasteiger partial charge in [0, 0.05) is 19.7 Å². The zero-order chi connectivity index (χ0) is 15.5. The van der Waals surface area contributed by atoms with Gasteiger partial charge in [-0.1, -0.05) is 6.92 Å². The van der Waals surface area contributed by atoms with Crippen molar-refractivity contribution >= 4 is 11.6 Å². The minimum atomic E-state index is -4.38. The smallest absolute Gasteiger partial charge is 0.381 e. The molecule has 1 aliphatic carbocycles. The Morgan fingerprint density at radius 2 is 1.95 bits per heavy atom. The molecule has 0 atom stereocenters. The number of hydrogen-bond acceptors (Lipinski definition) is 4. The maximum absolute atomic E-state index is 12.9. The van der Waals surface area contributed by atoms with Crippen LogP contribution in [0.1, 0.15) is 31.7 Å².